The third-order valence-corrected chi connectivity index (χ3v) is 6.13. The van der Waals surface area contributed by atoms with Gasteiger partial charge in [0, 0.05) is 24.1 Å². The van der Waals surface area contributed by atoms with Crippen LogP contribution in [0.25, 0.3) is 0 Å². The Morgan fingerprint density at radius 1 is 1.43 bits per heavy atom. The number of carbonyl (C=O) groups is 1. The Kier molecular flexibility index (Phi) is 5.20. The quantitative estimate of drug-likeness (QED) is 0.595. The fourth-order valence-corrected chi connectivity index (χ4v) is 4.83. The van der Waals surface area contributed by atoms with Gasteiger partial charge in [-0.2, -0.15) is 4.99 Å². The van der Waals surface area contributed by atoms with Crippen LogP contribution in [0.3, 0.4) is 0 Å². The SMILES string of the molecule is Cc1cc(N2CC(C)CS2=O)c(S(C)=O)cc1C(=O)N=C(N)N. The lowest BCUT2D eigenvalue weighted by atomic mass is 10.1. The number of carbonyl (C=O) groups excluding carboxylic acids is 1. The van der Waals surface area contributed by atoms with Gasteiger partial charge in [0.1, 0.15) is 11.0 Å². The lowest BCUT2D eigenvalue weighted by molar-refractivity contribution is 0.100. The molecular weight excluding hydrogens is 336 g/mol. The number of aliphatic imine (C=N–C) groups is 1. The summed E-state index contributed by atoms with van der Waals surface area (Å²) in [5.41, 5.74) is 12.0. The van der Waals surface area contributed by atoms with Gasteiger partial charge in [-0.1, -0.05) is 6.92 Å². The smallest absolute Gasteiger partial charge is 0.280 e. The Morgan fingerprint density at radius 3 is 2.57 bits per heavy atom. The Balaban J connectivity index is 2.55. The van der Waals surface area contributed by atoms with Crippen LogP contribution in [0.15, 0.2) is 22.0 Å². The van der Waals surface area contributed by atoms with Gasteiger partial charge >= 0.3 is 0 Å². The molecule has 0 aliphatic carbocycles. The van der Waals surface area contributed by atoms with Crippen LogP contribution in [0.4, 0.5) is 5.69 Å². The predicted octanol–water partition coefficient (Wildman–Crippen LogP) is 0.266. The van der Waals surface area contributed by atoms with Crippen molar-refractivity contribution in [3.05, 3.63) is 23.3 Å². The van der Waals surface area contributed by atoms with Crippen LogP contribution >= 0.6 is 0 Å². The summed E-state index contributed by atoms with van der Waals surface area (Å²) in [4.78, 5) is 16.1. The molecular formula is C14H20N4O3S2. The van der Waals surface area contributed by atoms with E-state index in [4.69, 9.17) is 11.5 Å². The van der Waals surface area contributed by atoms with E-state index in [0.29, 0.717) is 28.4 Å². The largest absolute Gasteiger partial charge is 0.370 e. The molecule has 1 heterocycles. The van der Waals surface area contributed by atoms with E-state index in [0.717, 1.165) is 0 Å². The predicted molar refractivity (Wildman–Crippen MR) is 93.2 cm³/mol. The normalized spacial score (nSPS) is 22.0. The van der Waals surface area contributed by atoms with Crippen LogP contribution in [-0.2, 0) is 21.8 Å². The first kappa shape index (κ1) is 17.6. The molecule has 1 aromatic carbocycles. The minimum atomic E-state index is -1.35. The standard InChI is InChI=1S/C14H20N4O3S2/c1-8-6-18(23(21)7-8)11-4-9(2)10(5-12(11)22(3)20)13(19)17-14(15)16/h4-5,8H,6-7H2,1-3H3,(H4,15,16,17,19). The molecule has 0 bridgehead atoms. The zero-order valence-electron chi connectivity index (χ0n) is 13.2. The van der Waals surface area contributed by atoms with Crippen LogP contribution in [0.1, 0.15) is 22.8 Å². The highest BCUT2D eigenvalue weighted by atomic mass is 32.2. The van der Waals surface area contributed by atoms with Gasteiger partial charge in [-0.05, 0) is 30.5 Å². The summed E-state index contributed by atoms with van der Waals surface area (Å²) in [6.45, 7) is 4.38. The zero-order valence-corrected chi connectivity index (χ0v) is 14.9. The number of hydrogen-bond donors (Lipinski definition) is 2. The first-order valence-electron chi connectivity index (χ1n) is 6.98. The third kappa shape index (κ3) is 3.78. The van der Waals surface area contributed by atoms with Gasteiger partial charge in [-0.15, -0.1) is 0 Å². The fourth-order valence-electron chi connectivity index (χ4n) is 2.47. The molecule has 1 aromatic rings. The molecule has 126 valence electrons. The molecule has 0 aromatic heterocycles. The maximum atomic E-state index is 12.3. The Bertz CT molecular complexity index is 729. The maximum Gasteiger partial charge on any atom is 0.280 e. The van der Waals surface area contributed by atoms with E-state index in [1.54, 1.807) is 17.3 Å². The zero-order chi connectivity index (χ0) is 17.3. The van der Waals surface area contributed by atoms with Gasteiger partial charge in [0.2, 0.25) is 0 Å². The van der Waals surface area contributed by atoms with Crippen molar-refractivity contribution in [3.8, 4) is 0 Å². The summed E-state index contributed by atoms with van der Waals surface area (Å²) in [6, 6.07) is 3.25. The minimum absolute atomic E-state index is 0.283. The molecule has 3 unspecified atom stereocenters. The molecule has 2 rings (SSSR count). The van der Waals surface area contributed by atoms with Crippen molar-refractivity contribution < 1.29 is 13.2 Å². The van der Waals surface area contributed by atoms with E-state index >= 15 is 0 Å². The van der Waals surface area contributed by atoms with Gasteiger partial charge in [-0.25, -0.2) is 4.21 Å². The molecule has 23 heavy (non-hydrogen) atoms. The minimum Gasteiger partial charge on any atom is -0.370 e. The summed E-state index contributed by atoms with van der Waals surface area (Å²) < 4.78 is 26.1. The Labute approximate surface area is 140 Å². The molecule has 4 N–H and O–H groups in total. The fraction of sp³-hybridized carbons (Fsp3) is 0.429. The van der Waals surface area contributed by atoms with Crippen LogP contribution in [0.5, 0.6) is 0 Å². The Morgan fingerprint density at radius 2 is 2.09 bits per heavy atom. The topological polar surface area (TPSA) is 119 Å². The molecule has 0 spiro atoms. The summed E-state index contributed by atoms with van der Waals surface area (Å²) >= 11 is 0. The van der Waals surface area contributed by atoms with E-state index in [1.165, 1.54) is 12.3 Å². The van der Waals surface area contributed by atoms with E-state index in [9.17, 15) is 13.2 Å². The second kappa shape index (κ2) is 6.79. The molecule has 0 saturated carbocycles. The van der Waals surface area contributed by atoms with Crippen molar-refractivity contribution in [2.24, 2.45) is 22.4 Å². The van der Waals surface area contributed by atoms with Gasteiger partial charge in [-0.3, -0.25) is 13.3 Å². The summed E-state index contributed by atoms with van der Waals surface area (Å²) in [6.07, 6.45) is 1.52. The maximum absolute atomic E-state index is 12.3. The summed E-state index contributed by atoms with van der Waals surface area (Å²) in [5.74, 6) is -0.0511. The number of anilines is 1. The van der Waals surface area contributed by atoms with Crippen LogP contribution in [0, 0.1) is 12.8 Å². The van der Waals surface area contributed by atoms with Crippen molar-refractivity contribution >= 4 is 39.3 Å². The van der Waals surface area contributed by atoms with Crippen molar-refractivity contribution in [2.45, 2.75) is 18.7 Å². The number of benzene rings is 1. The average Bonchev–Trinajstić information content (AvgIpc) is 2.75. The highest BCUT2D eigenvalue weighted by molar-refractivity contribution is 7.87. The Hall–Kier alpha value is -1.74. The number of aryl methyl sites for hydroxylation is 1. The molecule has 1 amide bonds. The summed E-state index contributed by atoms with van der Waals surface area (Å²) in [5, 5.41) is 0. The van der Waals surface area contributed by atoms with Crippen molar-refractivity contribution in [1.82, 2.24) is 0 Å². The van der Waals surface area contributed by atoms with Crippen LogP contribution in [-0.4, -0.2) is 38.8 Å². The number of guanidine groups is 1. The molecule has 1 fully saturated rings. The second-order valence-electron chi connectivity index (χ2n) is 5.59. The molecule has 3 atom stereocenters. The molecule has 9 heteroatoms. The van der Waals surface area contributed by atoms with Gasteiger partial charge in [0.15, 0.2) is 5.96 Å². The second-order valence-corrected chi connectivity index (χ2v) is 8.35. The van der Waals surface area contributed by atoms with Crippen molar-refractivity contribution in [3.63, 3.8) is 0 Å². The molecule has 7 nitrogen and oxygen atoms in total. The van der Waals surface area contributed by atoms with Crippen molar-refractivity contribution in [1.29, 1.82) is 0 Å². The summed E-state index contributed by atoms with van der Waals surface area (Å²) in [7, 11) is -2.51. The number of amides is 1. The number of rotatable bonds is 3. The lowest BCUT2D eigenvalue weighted by Crippen LogP contribution is -2.25. The molecule has 0 radical (unpaired) electrons. The van der Waals surface area contributed by atoms with E-state index in [1.807, 2.05) is 6.92 Å². The molecule has 1 aliphatic heterocycles. The lowest BCUT2D eigenvalue weighted by Gasteiger charge is -2.21. The highest BCUT2D eigenvalue weighted by Gasteiger charge is 2.29. The average molecular weight is 356 g/mol. The van der Waals surface area contributed by atoms with Crippen LogP contribution in [0.2, 0.25) is 0 Å². The van der Waals surface area contributed by atoms with Crippen molar-refractivity contribution in [2.75, 3.05) is 22.9 Å². The van der Waals surface area contributed by atoms with Gasteiger partial charge in [0.25, 0.3) is 5.91 Å². The van der Waals surface area contributed by atoms with Gasteiger partial charge in [0.05, 0.1) is 21.4 Å². The molecule has 1 aliphatic rings. The van der Waals surface area contributed by atoms with E-state index in [2.05, 4.69) is 4.99 Å². The van der Waals surface area contributed by atoms with Crippen LogP contribution < -0.4 is 15.8 Å². The number of hydrogen-bond acceptors (Lipinski definition) is 3. The molecule has 1 saturated heterocycles. The highest BCUT2D eigenvalue weighted by Crippen LogP contribution is 2.32. The number of nitrogens with zero attached hydrogens (tertiary/aromatic N) is 2. The first-order chi connectivity index (χ1) is 10.7. The van der Waals surface area contributed by atoms with E-state index in [-0.39, 0.29) is 17.4 Å². The van der Waals surface area contributed by atoms with E-state index < -0.39 is 27.7 Å². The first-order valence-corrected chi connectivity index (χ1v) is 9.82. The number of nitrogens with two attached hydrogens (primary N) is 2. The van der Waals surface area contributed by atoms with Gasteiger partial charge < -0.3 is 11.5 Å². The third-order valence-electron chi connectivity index (χ3n) is 3.50. The monoisotopic (exact) mass is 356 g/mol.